The minimum atomic E-state index is -0.512. The average molecular weight is 257 g/mol. The molecule has 0 spiro atoms. The van der Waals surface area contributed by atoms with Gasteiger partial charge < -0.3 is 14.4 Å². The first-order valence-electron chi connectivity index (χ1n) is 6.39. The van der Waals surface area contributed by atoms with Crippen molar-refractivity contribution in [1.82, 2.24) is 4.90 Å². The van der Waals surface area contributed by atoms with Gasteiger partial charge in [-0.05, 0) is 33.6 Å². The fourth-order valence-corrected chi connectivity index (χ4v) is 2.00. The first-order valence-corrected chi connectivity index (χ1v) is 6.39. The van der Waals surface area contributed by atoms with Crippen LogP contribution in [0.1, 0.15) is 34.6 Å². The highest BCUT2D eigenvalue weighted by Crippen LogP contribution is 2.25. The lowest BCUT2D eigenvalue weighted by Gasteiger charge is -2.24. The molecule has 2 atom stereocenters. The van der Waals surface area contributed by atoms with E-state index in [0.29, 0.717) is 19.7 Å². The van der Waals surface area contributed by atoms with Crippen LogP contribution in [0.3, 0.4) is 0 Å². The molecule has 1 fully saturated rings. The van der Waals surface area contributed by atoms with Crippen LogP contribution in [0.5, 0.6) is 0 Å². The van der Waals surface area contributed by atoms with Crippen LogP contribution in [0, 0.1) is 11.8 Å². The number of hydrogen-bond acceptors (Lipinski definition) is 4. The predicted octanol–water partition coefficient (Wildman–Crippen LogP) is 2.05. The van der Waals surface area contributed by atoms with E-state index in [1.54, 1.807) is 11.8 Å². The number of rotatable bonds is 2. The lowest BCUT2D eigenvalue weighted by Crippen LogP contribution is -2.36. The van der Waals surface area contributed by atoms with Crippen LogP contribution >= 0.6 is 0 Å². The predicted molar refractivity (Wildman–Crippen MR) is 67.1 cm³/mol. The van der Waals surface area contributed by atoms with Crippen molar-refractivity contribution in [3.8, 4) is 0 Å². The van der Waals surface area contributed by atoms with Crippen molar-refractivity contribution in [1.29, 1.82) is 0 Å². The molecule has 104 valence electrons. The zero-order valence-corrected chi connectivity index (χ0v) is 11.9. The standard InChI is InChI=1S/C13H23NO4/c1-6-17-11(15)10-8-14(7-9(10)2)12(16)18-13(3,4)5/h9-10H,6-8H2,1-5H3/t9-,10+/m1/s1. The minimum absolute atomic E-state index is 0.108. The second-order valence-corrected chi connectivity index (χ2v) is 5.72. The van der Waals surface area contributed by atoms with E-state index in [2.05, 4.69) is 0 Å². The Morgan fingerprint density at radius 2 is 1.89 bits per heavy atom. The smallest absolute Gasteiger partial charge is 0.410 e. The van der Waals surface area contributed by atoms with Crippen LogP contribution in [-0.4, -0.2) is 42.3 Å². The molecule has 0 aromatic heterocycles. The molecule has 1 amide bonds. The van der Waals surface area contributed by atoms with Crippen LogP contribution in [0.2, 0.25) is 0 Å². The van der Waals surface area contributed by atoms with Gasteiger partial charge in [-0.2, -0.15) is 0 Å². The van der Waals surface area contributed by atoms with E-state index >= 15 is 0 Å². The van der Waals surface area contributed by atoms with Gasteiger partial charge in [0.15, 0.2) is 0 Å². The summed E-state index contributed by atoms with van der Waals surface area (Å²) in [6, 6.07) is 0. The molecule has 1 aliphatic heterocycles. The normalized spacial score (nSPS) is 23.9. The Morgan fingerprint density at radius 3 is 2.39 bits per heavy atom. The highest BCUT2D eigenvalue weighted by atomic mass is 16.6. The number of hydrogen-bond donors (Lipinski definition) is 0. The number of carbonyl (C=O) groups is 2. The number of ether oxygens (including phenoxy) is 2. The Hall–Kier alpha value is -1.26. The summed E-state index contributed by atoms with van der Waals surface area (Å²) in [5, 5.41) is 0. The highest BCUT2D eigenvalue weighted by Gasteiger charge is 2.39. The van der Waals surface area contributed by atoms with Gasteiger partial charge in [-0.3, -0.25) is 4.79 Å². The lowest BCUT2D eigenvalue weighted by molar-refractivity contribution is -0.148. The Bertz CT molecular complexity index is 321. The van der Waals surface area contributed by atoms with Gasteiger partial charge in [0.25, 0.3) is 0 Å². The molecule has 1 rings (SSSR count). The van der Waals surface area contributed by atoms with Crippen LogP contribution in [0.15, 0.2) is 0 Å². The van der Waals surface area contributed by atoms with Crippen molar-refractivity contribution in [2.24, 2.45) is 11.8 Å². The first kappa shape index (κ1) is 14.8. The fourth-order valence-electron chi connectivity index (χ4n) is 2.00. The minimum Gasteiger partial charge on any atom is -0.466 e. The van der Waals surface area contributed by atoms with Gasteiger partial charge in [0.1, 0.15) is 5.60 Å². The largest absolute Gasteiger partial charge is 0.466 e. The van der Waals surface area contributed by atoms with Crippen LogP contribution < -0.4 is 0 Å². The van der Waals surface area contributed by atoms with Crippen LogP contribution in [0.4, 0.5) is 4.79 Å². The number of nitrogens with zero attached hydrogens (tertiary/aromatic N) is 1. The summed E-state index contributed by atoms with van der Waals surface area (Å²) in [5.41, 5.74) is -0.512. The molecule has 1 saturated heterocycles. The molecule has 1 aliphatic rings. The summed E-state index contributed by atoms with van der Waals surface area (Å²) in [6.45, 7) is 10.5. The third kappa shape index (κ3) is 3.89. The Labute approximate surface area is 108 Å². The molecule has 0 aromatic carbocycles. The second kappa shape index (κ2) is 5.59. The topological polar surface area (TPSA) is 55.8 Å². The van der Waals surface area contributed by atoms with Gasteiger partial charge in [-0.1, -0.05) is 6.92 Å². The zero-order chi connectivity index (χ0) is 13.9. The molecule has 0 aliphatic carbocycles. The molecule has 1 heterocycles. The first-order chi connectivity index (χ1) is 8.24. The SMILES string of the molecule is CCOC(=O)[C@H]1CN(C(=O)OC(C)(C)C)C[C@H]1C. The molecule has 0 aromatic rings. The maximum atomic E-state index is 11.9. The maximum Gasteiger partial charge on any atom is 0.410 e. The van der Waals surface area contributed by atoms with E-state index in [1.165, 1.54) is 0 Å². The van der Waals surface area contributed by atoms with Crippen LogP contribution in [0.25, 0.3) is 0 Å². The van der Waals surface area contributed by atoms with Gasteiger partial charge in [0.2, 0.25) is 0 Å². The third-order valence-corrected chi connectivity index (χ3v) is 2.85. The summed E-state index contributed by atoms with van der Waals surface area (Å²) in [6.07, 6.45) is -0.360. The second-order valence-electron chi connectivity index (χ2n) is 5.72. The van der Waals surface area contributed by atoms with Crippen molar-refractivity contribution in [3.05, 3.63) is 0 Å². The Balaban J connectivity index is 2.58. The maximum absolute atomic E-state index is 11.9. The molecule has 0 N–H and O–H groups in total. The Kier molecular flexibility index (Phi) is 4.59. The molecule has 0 radical (unpaired) electrons. The van der Waals surface area contributed by atoms with Crippen LogP contribution in [-0.2, 0) is 14.3 Å². The monoisotopic (exact) mass is 257 g/mol. The zero-order valence-electron chi connectivity index (χ0n) is 11.9. The van der Waals surface area contributed by atoms with Crippen molar-refractivity contribution < 1.29 is 19.1 Å². The van der Waals surface area contributed by atoms with E-state index in [1.807, 2.05) is 27.7 Å². The summed E-state index contributed by atoms with van der Waals surface area (Å²) < 4.78 is 10.3. The number of likely N-dealkylation sites (tertiary alicyclic amines) is 1. The van der Waals surface area contributed by atoms with E-state index in [9.17, 15) is 9.59 Å². The molecule has 0 bridgehead atoms. The number of esters is 1. The molecular formula is C13H23NO4. The van der Waals surface area contributed by atoms with Gasteiger partial charge in [0.05, 0.1) is 12.5 Å². The van der Waals surface area contributed by atoms with Gasteiger partial charge >= 0.3 is 12.1 Å². The Morgan fingerprint density at radius 1 is 1.28 bits per heavy atom. The van der Waals surface area contributed by atoms with Crippen molar-refractivity contribution in [3.63, 3.8) is 0 Å². The molecule has 5 nitrogen and oxygen atoms in total. The van der Waals surface area contributed by atoms with E-state index < -0.39 is 5.60 Å². The third-order valence-electron chi connectivity index (χ3n) is 2.85. The molecular weight excluding hydrogens is 234 g/mol. The molecule has 18 heavy (non-hydrogen) atoms. The molecule has 0 unspecified atom stereocenters. The summed E-state index contributed by atoms with van der Waals surface area (Å²) in [5.74, 6) is -0.356. The van der Waals surface area contributed by atoms with Gasteiger partial charge in [-0.15, -0.1) is 0 Å². The van der Waals surface area contributed by atoms with Crippen molar-refractivity contribution in [2.75, 3.05) is 19.7 Å². The summed E-state index contributed by atoms with van der Waals surface area (Å²) in [7, 11) is 0. The molecule has 0 saturated carbocycles. The lowest BCUT2D eigenvalue weighted by atomic mass is 9.99. The van der Waals surface area contributed by atoms with E-state index in [0.717, 1.165) is 0 Å². The van der Waals surface area contributed by atoms with E-state index in [4.69, 9.17) is 9.47 Å². The number of amides is 1. The quantitative estimate of drug-likeness (QED) is 0.710. The average Bonchev–Trinajstić information content (AvgIpc) is 2.58. The van der Waals surface area contributed by atoms with Crippen molar-refractivity contribution >= 4 is 12.1 Å². The van der Waals surface area contributed by atoms with Gasteiger partial charge in [0, 0.05) is 13.1 Å². The van der Waals surface area contributed by atoms with E-state index in [-0.39, 0.29) is 23.9 Å². The molecule has 5 heteroatoms. The fraction of sp³-hybridized carbons (Fsp3) is 0.846. The summed E-state index contributed by atoms with van der Waals surface area (Å²) in [4.78, 5) is 25.2. The number of carbonyl (C=O) groups excluding carboxylic acids is 2. The highest BCUT2D eigenvalue weighted by molar-refractivity contribution is 5.76. The van der Waals surface area contributed by atoms with Gasteiger partial charge in [-0.25, -0.2) is 4.79 Å². The van der Waals surface area contributed by atoms with Crippen molar-refractivity contribution in [2.45, 2.75) is 40.2 Å². The summed E-state index contributed by atoms with van der Waals surface area (Å²) >= 11 is 0.